The zero-order valence-electron chi connectivity index (χ0n) is 12.7. The Morgan fingerprint density at radius 1 is 1.26 bits per heavy atom. The number of nitrogens with zero attached hydrogens (tertiary/aromatic N) is 4. The maximum atomic E-state index is 6.11. The first-order valence-electron chi connectivity index (χ1n) is 7.81. The molecule has 0 amide bonds. The summed E-state index contributed by atoms with van der Waals surface area (Å²) in [6.45, 7) is 1.85. The summed E-state index contributed by atoms with van der Waals surface area (Å²) in [6, 6.07) is 9.98. The summed E-state index contributed by atoms with van der Waals surface area (Å²) in [4.78, 5) is 7.08. The summed E-state index contributed by atoms with van der Waals surface area (Å²) in [5.74, 6) is 0.955. The second kappa shape index (κ2) is 5.83. The zero-order valence-corrected chi connectivity index (χ0v) is 13.4. The molecule has 0 saturated carbocycles. The molecule has 0 aliphatic carbocycles. The van der Waals surface area contributed by atoms with Gasteiger partial charge in [-0.2, -0.15) is 5.10 Å². The predicted octanol–water partition coefficient (Wildman–Crippen LogP) is 2.98. The van der Waals surface area contributed by atoms with Crippen molar-refractivity contribution in [3.05, 3.63) is 47.7 Å². The van der Waals surface area contributed by atoms with Gasteiger partial charge in [-0.25, -0.2) is 9.50 Å². The van der Waals surface area contributed by atoms with Crippen LogP contribution in [0.15, 0.2) is 42.7 Å². The van der Waals surface area contributed by atoms with E-state index in [1.165, 1.54) is 0 Å². The molecule has 5 nitrogen and oxygen atoms in total. The Balaban J connectivity index is 1.77. The van der Waals surface area contributed by atoms with Gasteiger partial charge in [0, 0.05) is 35.9 Å². The fraction of sp³-hybridized carbons (Fsp3) is 0.294. The molecule has 4 rings (SSSR count). The fourth-order valence-electron chi connectivity index (χ4n) is 3.11. The van der Waals surface area contributed by atoms with Gasteiger partial charge in [-0.05, 0) is 36.6 Å². The average Bonchev–Trinajstić information content (AvgIpc) is 2.98. The number of anilines is 1. The standard InChI is InChI=1S/C17H18ClN5/c18-13-4-1-3-12(9-13)15-10-20-23-8-6-16(21-17(15)23)22-7-2-5-14(19)11-22/h1,3-4,6,8-10,14H,2,5,7,11,19H2. The van der Waals surface area contributed by atoms with Crippen LogP contribution in [0.2, 0.25) is 5.02 Å². The lowest BCUT2D eigenvalue weighted by atomic mass is 10.1. The minimum atomic E-state index is 0.221. The van der Waals surface area contributed by atoms with Gasteiger partial charge in [0.05, 0.1) is 6.20 Å². The summed E-state index contributed by atoms with van der Waals surface area (Å²) in [6.07, 6.45) is 5.97. The van der Waals surface area contributed by atoms with Crippen LogP contribution in [-0.4, -0.2) is 33.7 Å². The third-order valence-electron chi connectivity index (χ3n) is 4.27. The molecule has 0 radical (unpaired) electrons. The van der Waals surface area contributed by atoms with Gasteiger partial charge in [-0.3, -0.25) is 0 Å². The summed E-state index contributed by atoms with van der Waals surface area (Å²) < 4.78 is 1.80. The van der Waals surface area contributed by atoms with Gasteiger partial charge in [-0.1, -0.05) is 23.7 Å². The molecule has 0 spiro atoms. The lowest BCUT2D eigenvalue weighted by molar-refractivity contribution is 0.503. The Hall–Kier alpha value is -2.11. The summed E-state index contributed by atoms with van der Waals surface area (Å²) in [7, 11) is 0. The van der Waals surface area contributed by atoms with Crippen molar-refractivity contribution in [3.63, 3.8) is 0 Å². The minimum Gasteiger partial charge on any atom is -0.355 e. The highest BCUT2D eigenvalue weighted by Gasteiger charge is 2.19. The number of nitrogens with two attached hydrogens (primary N) is 1. The third kappa shape index (κ3) is 2.78. The van der Waals surface area contributed by atoms with Gasteiger partial charge in [-0.15, -0.1) is 0 Å². The van der Waals surface area contributed by atoms with Crippen molar-refractivity contribution < 1.29 is 0 Å². The first kappa shape index (κ1) is 14.5. The molecule has 1 aliphatic rings. The lowest BCUT2D eigenvalue weighted by Gasteiger charge is -2.31. The maximum absolute atomic E-state index is 6.11. The number of fused-ring (bicyclic) bond motifs is 1. The maximum Gasteiger partial charge on any atom is 0.165 e. The van der Waals surface area contributed by atoms with Crippen molar-refractivity contribution in [3.8, 4) is 11.1 Å². The monoisotopic (exact) mass is 327 g/mol. The van der Waals surface area contributed by atoms with Gasteiger partial charge < -0.3 is 10.6 Å². The SMILES string of the molecule is NC1CCCN(c2ccn3ncc(-c4cccc(Cl)c4)c3n2)C1. The molecule has 3 heterocycles. The lowest BCUT2D eigenvalue weighted by Crippen LogP contribution is -2.43. The second-order valence-corrected chi connectivity index (χ2v) is 6.41. The number of aromatic nitrogens is 3. The molecular weight excluding hydrogens is 310 g/mol. The molecule has 0 bridgehead atoms. The Labute approximate surface area is 139 Å². The summed E-state index contributed by atoms with van der Waals surface area (Å²) in [5, 5.41) is 5.10. The average molecular weight is 328 g/mol. The number of piperidine rings is 1. The van der Waals surface area contributed by atoms with Crippen LogP contribution in [0, 0.1) is 0 Å². The van der Waals surface area contributed by atoms with E-state index in [-0.39, 0.29) is 6.04 Å². The number of rotatable bonds is 2. The Morgan fingerprint density at radius 3 is 3.00 bits per heavy atom. The van der Waals surface area contributed by atoms with Crippen LogP contribution >= 0.6 is 11.6 Å². The molecule has 3 aromatic rings. The van der Waals surface area contributed by atoms with Crippen molar-refractivity contribution in [2.75, 3.05) is 18.0 Å². The van der Waals surface area contributed by atoms with E-state index >= 15 is 0 Å². The van der Waals surface area contributed by atoms with Crippen molar-refractivity contribution in [1.82, 2.24) is 14.6 Å². The molecule has 1 atom stereocenters. The van der Waals surface area contributed by atoms with Crippen LogP contribution < -0.4 is 10.6 Å². The Morgan fingerprint density at radius 2 is 2.17 bits per heavy atom. The molecule has 1 fully saturated rings. The van der Waals surface area contributed by atoms with Crippen molar-refractivity contribution >= 4 is 23.1 Å². The molecule has 1 aliphatic heterocycles. The van der Waals surface area contributed by atoms with E-state index in [9.17, 15) is 0 Å². The fourth-order valence-corrected chi connectivity index (χ4v) is 3.30. The van der Waals surface area contributed by atoms with E-state index in [1.807, 2.05) is 42.7 Å². The van der Waals surface area contributed by atoms with E-state index in [4.69, 9.17) is 22.3 Å². The Bertz CT molecular complexity index is 844. The highest BCUT2D eigenvalue weighted by atomic mass is 35.5. The highest BCUT2D eigenvalue weighted by molar-refractivity contribution is 6.30. The van der Waals surface area contributed by atoms with E-state index in [1.54, 1.807) is 4.52 Å². The van der Waals surface area contributed by atoms with E-state index < -0.39 is 0 Å². The summed E-state index contributed by atoms with van der Waals surface area (Å²) in [5.41, 5.74) is 8.93. The first-order chi connectivity index (χ1) is 11.2. The molecule has 23 heavy (non-hydrogen) atoms. The predicted molar refractivity (Wildman–Crippen MR) is 92.9 cm³/mol. The smallest absolute Gasteiger partial charge is 0.165 e. The number of halogens is 1. The van der Waals surface area contributed by atoms with Crippen LogP contribution in [0.4, 0.5) is 5.82 Å². The van der Waals surface area contributed by atoms with Gasteiger partial charge in [0.15, 0.2) is 5.65 Å². The van der Waals surface area contributed by atoms with Crippen molar-refractivity contribution in [2.45, 2.75) is 18.9 Å². The molecule has 1 saturated heterocycles. The number of benzene rings is 1. The minimum absolute atomic E-state index is 0.221. The molecule has 1 unspecified atom stereocenters. The molecular formula is C17H18ClN5. The Kier molecular flexibility index (Phi) is 3.67. The van der Waals surface area contributed by atoms with Crippen molar-refractivity contribution in [1.29, 1.82) is 0 Å². The van der Waals surface area contributed by atoms with E-state index in [2.05, 4.69) is 10.00 Å². The number of hydrogen-bond donors (Lipinski definition) is 1. The van der Waals surface area contributed by atoms with Crippen LogP contribution in [-0.2, 0) is 0 Å². The summed E-state index contributed by atoms with van der Waals surface area (Å²) >= 11 is 6.11. The van der Waals surface area contributed by atoms with Gasteiger partial charge in [0.2, 0.25) is 0 Å². The van der Waals surface area contributed by atoms with Crippen LogP contribution in [0.3, 0.4) is 0 Å². The van der Waals surface area contributed by atoms with E-state index in [0.29, 0.717) is 5.02 Å². The van der Waals surface area contributed by atoms with Crippen LogP contribution in [0.5, 0.6) is 0 Å². The molecule has 2 aromatic heterocycles. The van der Waals surface area contributed by atoms with E-state index in [0.717, 1.165) is 48.5 Å². The molecule has 2 N–H and O–H groups in total. The van der Waals surface area contributed by atoms with Gasteiger partial charge in [0.25, 0.3) is 0 Å². The largest absolute Gasteiger partial charge is 0.355 e. The molecule has 6 heteroatoms. The molecule has 1 aromatic carbocycles. The first-order valence-corrected chi connectivity index (χ1v) is 8.19. The zero-order chi connectivity index (χ0) is 15.8. The number of hydrogen-bond acceptors (Lipinski definition) is 4. The van der Waals surface area contributed by atoms with Crippen LogP contribution in [0.25, 0.3) is 16.8 Å². The molecule has 118 valence electrons. The van der Waals surface area contributed by atoms with Gasteiger partial charge >= 0.3 is 0 Å². The van der Waals surface area contributed by atoms with Gasteiger partial charge in [0.1, 0.15) is 5.82 Å². The van der Waals surface area contributed by atoms with Crippen LogP contribution in [0.1, 0.15) is 12.8 Å². The third-order valence-corrected chi connectivity index (χ3v) is 4.51. The topological polar surface area (TPSA) is 59.5 Å². The normalized spacial score (nSPS) is 18.5. The van der Waals surface area contributed by atoms with Crippen molar-refractivity contribution in [2.24, 2.45) is 5.73 Å². The highest BCUT2D eigenvalue weighted by Crippen LogP contribution is 2.27. The quantitative estimate of drug-likeness (QED) is 0.786. The second-order valence-electron chi connectivity index (χ2n) is 5.97.